The van der Waals surface area contributed by atoms with Gasteiger partial charge in [-0.3, -0.25) is 4.79 Å². The lowest BCUT2D eigenvalue weighted by molar-refractivity contribution is 0.0977. The number of thiazole rings is 1. The predicted octanol–water partition coefficient (Wildman–Crippen LogP) is 4.18. The van der Waals surface area contributed by atoms with Crippen molar-refractivity contribution in [3.8, 4) is 0 Å². The van der Waals surface area contributed by atoms with Gasteiger partial charge >= 0.3 is 0 Å². The van der Waals surface area contributed by atoms with Crippen molar-refractivity contribution in [2.75, 3.05) is 10.2 Å². The first-order chi connectivity index (χ1) is 12.1. The van der Waals surface area contributed by atoms with Crippen LogP contribution < -0.4 is 10.2 Å². The first-order valence-electron chi connectivity index (χ1n) is 8.19. The molecule has 0 saturated carbocycles. The van der Waals surface area contributed by atoms with Gasteiger partial charge in [0.1, 0.15) is 11.5 Å². The normalized spacial score (nSPS) is 15.9. The fourth-order valence-electron chi connectivity index (χ4n) is 3.15. The predicted molar refractivity (Wildman–Crippen MR) is 101 cm³/mol. The van der Waals surface area contributed by atoms with Crippen molar-refractivity contribution >= 4 is 33.9 Å². The van der Waals surface area contributed by atoms with Gasteiger partial charge in [-0.15, -0.1) is 11.3 Å². The first-order valence-corrected chi connectivity index (χ1v) is 9.07. The van der Waals surface area contributed by atoms with E-state index < -0.39 is 0 Å². The molecule has 1 aromatic carbocycles. The summed E-state index contributed by atoms with van der Waals surface area (Å²) in [6.45, 7) is 4.01. The third-order valence-electron chi connectivity index (χ3n) is 4.27. The second kappa shape index (κ2) is 6.29. The lowest BCUT2D eigenvalue weighted by atomic mass is 10.1. The summed E-state index contributed by atoms with van der Waals surface area (Å²) in [5.41, 5.74) is 3.59. The Hall–Kier alpha value is -2.73. The monoisotopic (exact) mass is 350 g/mol. The molecular weight excluding hydrogens is 332 g/mol. The van der Waals surface area contributed by atoms with E-state index in [2.05, 4.69) is 28.3 Å². The van der Waals surface area contributed by atoms with Crippen molar-refractivity contribution in [3.63, 3.8) is 0 Å². The maximum Gasteiger partial charge on any atom is 0.278 e. The van der Waals surface area contributed by atoms with Gasteiger partial charge in [-0.05, 0) is 44.0 Å². The van der Waals surface area contributed by atoms with Gasteiger partial charge in [0.15, 0.2) is 5.13 Å². The van der Waals surface area contributed by atoms with E-state index in [0.717, 1.165) is 23.6 Å². The van der Waals surface area contributed by atoms with Gasteiger partial charge in [-0.1, -0.05) is 24.3 Å². The number of fused-ring (bicyclic) bond motifs is 1. The van der Waals surface area contributed by atoms with Crippen LogP contribution in [0.3, 0.4) is 0 Å². The minimum Gasteiger partial charge on any atom is -0.316 e. The Balaban J connectivity index is 1.57. The third-order valence-corrected chi connectivity index (χ3v) is 5.03. The number of nitrogens with zero attached hydrogens (tertiary/aromatic N) is 3. The molecule has 2 aromatic heterocycles. The minimum atomic E-state index is -0.0565. The molecule has 0 fully saturated rings. The van der Waals surface area contributed by atoms with E-state index in [1.807, 2.05) is 48.2 Å². The molecule has 1 aliphatic heterocycles. The van der Waals surface area contributed by atoms with Crippen LogP contribution in [-0.4, -0.2) is 21.9 Å². The number of hydrogen-bond acceptors (Lipinski definition) is 5. The van der Waals surface area contributed by atoms with E-state index in [1.54, 1.807) is 5.38 Å². The fraction of sp³-hybridized carbons (Fsp3) is 0.211. The van der Waals surface area contributed by atoms with Crippen molar-refractivity contribution in [3.05, 3.63) is 64.8 Å². The van der Waals surface area contributed by atoms with Crippen molar-refractivity contribution in [2.24, 2.45) is 0 Å². The highest BCUT2D eigenvalue weighted by molar-refractivity contribution is 7.14. The number of amides is 1. The zero-order valence-electron chi connectivity index (χ0n) is 14.1. The lowest BCUT2D eigenvalue weighted by Gasteiger charge is -2.21. The van der Waals surface area contributed by atoms with E-state index in [1.165, 1.54) is 16.9 Å². The Labute approximate surface area is 150 Å². The molecule has 3 heterocycles. The van der Waals surface area contributed by atoms with Crippen LogP contribution in [0.4, 0.5) is 16.6 Å². The Morgan fingerprint density at radius 3 is 2.88 bits per heavy atom. The number of aromatic nitrogens is 2. The number of anilines is 3. The van der Waals surface area contributed by atoms with Gasteiger partial charge in [0.2, 0.25) is 0 Å². The summed E-state index contributed by atoms with van der Waals surface area (Å²) in [5, 5.41) is 5.63. The molecule has 126 valence electrons. The summed E-state index contributed by atoms with van der Waals surface area (Å²) in [6.07, 6.45) is 0.879. The summed E-state index contributed by atoms with van der Waals surface area (Å²) >= 11 is 1.41. The second-order valence-electron chi connectivity index (χ2n) is 6.18. The molecule has 6 heteroatoms. The molecule has 1 atom stereocenters. The smallest absolute Gasteiger partial charge is 0.278 e. The molecule has 0 spiro atoms. The SMILES string of the molecule is Cc1cccc(Nc2nc(C(=O)N3c4ccccc4CC3C)cs2)n1. The molecule has 0 aliphatic carbocycles. The van der Waals surface area contributed by atoms with Crippen LogP contribution in [0, 0.1) is 6.92 Å². The number of rotatable bonds is 3. The van der Waals surface area contributed by atoms with Gasteiger partial charge < -0.3 is 10.2 Å². The largest absolute Gasteiger partial charge is 0.316 e. The number of aryl methyl sites for hydroxylation is 1. The van der Waals surface area contributed by atoms with Gasteiger partial charge in [-0.25, -0.2) is 9.97 Å². The van der Waals surface area contributed by atoms with Gasteiger partial charge in [0.25, 0.3) is 5.91 Å². The van der Waals surface area contributed by atoms with Gasteiger partial charge in [0.05, 0.1) is 0 Å². The number of para-hydroxylation sites is 1. The molecule has 0 saturated heterocycles. The van der Waals surface area contributed by atoms with E-state index in [-0.39, 0.29) is 11.9 Å². The van der Waals surface area contributed by atoms with Crippen LogP contribution in [0.2, 0.25) is 0 Å². The number of carbonyl (C=O) groups excluding carboxylic acids is 1. The minimum absolute atomic E-state index is 0.0565. The van der Waals surface area contributed by atoms with Crippen molar-refractivity contribution in [1.29, 1.82) is 0 Å². The van der Waals surface area contributed by atoms with Crippen molar-refractivity contribution in [1.82, 2.24) is 9.97 Å². The zero-order valence-corrected chi connectivity index (χ0v) is 14.9. The Morgan fingerprint density at radius 2 is 2.04 bits per heavy atom. The molecule has 1 unspecified atom stereocenters. The highest BCUT2D eigenvalue weighted by atomic mass is 32.1. The molecule has 3 aromatic rings. The van der Waals surface area contributed by atoms with E-state index in [0.29, 0.717) is 10.8 Å². The number of benzene rings is 1. The summed E-state index contributed by atoms with van der Waals surface area (Å²) in [5.74, 6) is 0.673. The quantitative estimate of drug-likeness (QED) is 0.770. The average Bonchev–Trinajstić information content (AvgIpc) is 3.18. The van der Waals surface area contributed by atoms with Crippen LogP contribution in [0.5, 0.6) is 0 Å². The Bertz CT molecular complexity index is 936. The first kappa shape index (κ1) is 15.8. The van der Waals surface area contributed by atoms with Crippen LogP contribution in [0.15, 0.2) is 47.8 Å². The Morgan fingerprint density at radius 1 is 1.20 bits per heavy atom. The molecule has 1 amide bonds. The number of pyridine rings is 1. The molecule has 0 bridgehead atoms. The number of carbonyl (C=O) groups is 1. The molecule has 0 radical (unpaired) electrons. The number of hydrogen-bond donors (Lipinski definition) is 1. The maximum atomic E-state index is 13.0. The van der Waals surface area contributed by atoms with E-state index in [4.69, 9.17) is 0 Å². The summed E-state index contributed by atoms with van der Waals surface area (Å²) in [6, 6.07) is 14.0. The van der Waals surface area contributed by atoms with E-state index in [9.17, 15) is 4.79 Å². The highest BCUT2D eigenvalue weighted by Crippen LogP contribution is 2.33. The molecule has 5 nitrogen and oxygen atoms in total. The van der Waals surface area contributed by atoms with Crippen LogP contribution in [0.1, 0.15) is 28.7 Å². The zero-order chi connectivity index (χ0) is 17.4. The summed E-state index contributed by atoms with van der Waals surface area (Å²) in [4.78, 5) is 23.7. The Kier molecular flexibility index (Phi) is 3.97. The average molecular weight is 350 g/mol. The molecule has 1 aliphatic rings. The van der Waals surface area contributed by atoms with Crippen molar-refractivity contribution < 1.29 is 4.79 Å². The van der Waals surface area contributed by atoms with Crippen LogP contribution >= 0.6 is 11.3 Å². The van der Waals surface area contributed by atoms with Crippen molar-refractivity contribution in [2.45, 2.75) is 26.3 Å². The number of nitrogens with one attached hydrogen (secondary N) is 1. The highest BCUT2D eigenvalue weighted by Gasteiger charge is 2.32. The standard InChI is InChI=1S/C19H18N4OS/c1-12-6-5-9-17(20-12)22-19-21-15(11-25-19)18(24)23-13(2)10-14-7-3-4-8-16(14)23/h3-9,11,13H,10H2,1-2H3,(H,20,21,22). The van der Waals surface area contributed by atoms with Crippen LogP contribution in [-0.2, 0) is 6.42 Å². The molecule has 1 N–H and O–H groups in total. The van der Waals surface area contributed by atoms with E-state index >= 15 is 0 Å². The van der Waals surface area contributed by atoms with Gasteiger partial charge in [0, 0.05) is 22.8 Å². The maximum absolute atomic E-state index is 13.0. The second-order valence-corrected chi connectivity index (χ2v) is 7.04. The molecule has 4 rings (SSSR count). The summed E-state index contributed by atoms with van der Waals surface area (Å²) in [7, 11) is 0. The molecular formula is C19H18N4OS. The van der Waals surface area contributed by atoms with Crippen LogP contribution in [0.25, 0.3) is 0 Å². The topological polar surface area (TPSA) is 58.1 Å². The third kappa shape index (κ3) is 3.00. The fourth-order valence-corrected chi connectivity index (χ4v) is 3.84. The molecule has 25 heavy (non-hydrogen) atoms. The van der Waals surface area contributed by atoms with Gasteiger partial charge in [-0.2, -0.15) is 0 Å². The lowest BCUT2D eigenvalue weighted by Crippen LogP contribution is -2.35. The summed E-state index contributed by atoms with van der Waals surface area (Å²) < 4.78 is 0.